The van der Waals surface area contributed by atoms with Gasteiger partial charge in [-0.15, -0.1) is 0 Å². The second kappa shape index (κ2) is 7.15. The molecule has 26 heavy (non-hydrogen) atoms. The first-order chi connectivity index (χ1) is 12.6. The number of hydrogen-bond donors (Lipinski definition) is 1. The summed E-state index contributed by atoms with van der Waals surface area (Å²) in [6.45, 7) is 0.765. The second-order valence-electron chi connectivity index (χ2n) is 6.81. The summed E-state index contributed by atoms with van der Waals surface area (Å²) in [5, 5.41) is 2.91. The molecule has 1 aliphatic heterocycles. The molecule has 2 fully saturated rings. The quantitative estimate of drug-likeness (QED) is 0.815. The van der Waals surface area contributed by atoms with Gasteiger partial charge in [0, 0.05) is 34.7 Å². The number of hydrogen-bond acceptors (Lipinski definition) is 4. The van der Waals surface area contributed by atoms with E-state index in [0.29, 0.717) is 19.0 Å². The van der Waals surface area contributed by atoms with Gasteiger partial charge in [-0.1, -0.05) is 22.0 Å². The molecule has 7 heteroatoms. The number of benzene rings is 1. The smallest absolute Gasteiger partial charge is 0.227 e. The first-order valence-corrected chi connectivity index (χ1v) is 9.54. The van der Waals surface area contributed by atoms with Crippen LogP contribution in [0.1, 0.15) is 36.6 Å². The van der Waals surface area contributed by atoms with E-state index in [2.05, 4.69) is 31.2 Å². The van der Waals surface area contributed by atoms with E-state index in [9.17, 15) is 9.59 Å². The Balaban J connectivity index is 1.36. The fourth-order valence-corrected chi connectivity index (χ4v) is 3.60. The van der Waals surface area contributed by atoms with Gasteiger partial charge in [-0.25, -0.2) is 9.97 Å². The van der Waals surface area contributed by atoms with Crippen LogP contribution in [0.5, 0.6) is 0 Å². The van der Waals surface area contributed by atoms with Gasteiger partial charge in [-0.2, -0.15) is 0 Å². The Bertz CT molecular complexity index is 853. The normalized spacial score (nSPS) is 19.7. The molecule has 134 valence electrons. The highest BCUT2D eigenvalue weighted by molar-refractivity contribution is 9.10. The van der Waals surface area contributed by atoms with E-state index in [1.807, 2.05) is 30.3 Å². The van der Waals surface area contributed by atoms with Gasteiger partial charge < -0.3 is 10.2 Å². The lowest BCUT2D eigenvalue weighted by molar-refractivity contribution is -0.126. The van der Waals surface area contributed by atoms with Crippen molar-refractivity contribution >= 4 is 33.4 Å². The molecule has 2 amide bonds. The number of halogens is 1. The lowest BCUT2D eigenvalue weighted by Gasteiger charge is -2.17. The van der Waals surface area contributed by atoms with Crippen molar-refractivity contribution in [1.29, 1.82) is 0 Å². The Morgan fingerprint density at radius 2 is 2.12 bits per heavy atom. The molecule has 2 heterocycles. The maximum absolute atomic E-state index is 12.5. The molecule has 1 saturated carbocycles. The van der Waals surface area contributed by atoms with Gasteiger partial charge in [-0.05, 0) is 37.1 Å². The number of nitrogens with zero attached hydrogens (tertiary/aromatic N) is 3. The highest BCUT2D eigenvalue weighted by Crippen LogP contribution is 2.38. The highest BCUT2D eigenvalue weighted by Gasteiger charge is 2.35. The molecular formula is C19H19BrN4O2. The lowest BCUT2D eigenvalue weighted by Crippen LogP contribution is -2.32. The minimum atomic E-state index is -0.341. The van der Waals surface area contributed by atoms with Crippen LogP contribution in [0.2, 0.25) is 0 Å². The molecule has 1 aromatic heterocycles. The number of amides is 2. The first kappa shape index (κ1) is 17.1. The molecule has 4 rings (SSSR count). The summed E-state index contributed by atoms with van der Waals surface area (Å²) < 4.78 is 0.908. The number of aromatic nitrogens is 2. The molecule has 2 aliphatic rings. The Hall–Kier alpha value is -2.28. The van der Waals surface area contributed by atoms with Crippen molar-refractivity contribution in [2.45, 2.75) is 31.7 Å². The van der Waals surface area contributed by atoms with E-state index in [-0.39, 0.29) is 24.2 Å². The Morgan fingerprint density at radius 3 is 2.88 bits per heavy atom. The number of rotatable bonds is 5. The third-order valence-electron chi connectivity index (χ3n) is 4.80. The maximum atomic E-state index is 12.5. The zero-order valence-electron chi connectivity index (χ0n) is 14.2. The van der Waals surface area contributed by atoms with Crippen molar-refractivity contribution in [3.63, 3.8) is 0 Å². The average molecular weight is 415 g/mol. The fourth-order valence-electron chi connectivity index (χ4n) is 3.21. The molecule has 1 aliphatic carbocycles. The third-order valence-corrected chi connectivity index (χ3v) is 5.29. The van der Waals surface area contributed by atoms with Crippen LogP contribution in [0.3, 0.4) is 0 Å². The van der Waals surface area contributed by atoms with Gasteiger partial charge in [0.1, 0.15) is 6.33 Å². The zero-order valence-corrected chi connectivity index (χ0v) is 15.8. The summed E-state index contributed by atoms with van der Waals surface area (Å²) in [7, 11) is 0. The zero-order chi connectivity index (χ0) is 18.1. The third kappa shape index (κ3) is 3.77. The molecule has 1 saturated heterocycles. The summed E-state index contributed by atoms with van der Waals surface area (Å²) in [6, 6.07) is 9.52. The summed E-state index contributed by atoms with van der Waals surface area (Å²) >= 11 is 3.41. The van der Waals surface area contributed by atoms with Crippen molar-refractivity contribution < 1.29 is 9.59 Å². The van der Waals surface area contributed by atoms with E-state index in [1.165, 1.54) is 12.8 Å². The summed E-state index contributed by atoms with van der Waals surface area (Å²) in [5.41, 5.74) is 2.68. The number of anilines is 1. The molecule has 1 unspecified atom stereocenters. The number of carbonyl (C=O) groups is 2. The Kier molecular flexibility index (Phi) is 4.72. The van der Waals surface area contributed by atoms with Crippen molar-refractivity contribution in [2.75, 3.05) is 11.4 Å². The average Bonchev–Trinajstić information content (AvgIpc) is 3.42. The number of carbonyl (C=O) groups excluding carboxylic acids is 2. The van der Waals surface area contributed by atoms with Crippen LogP contribution >= 0.6 is 15.9 Å². The van der Waals surface area contributed by atoms with Crippen LogP contribution < -0.4 is 10.2 Å². The summed E-state index contributed by atoms with van der Waals surface area (Å²) in [6.07, 6.45) is 4.15. The molecule has 6 nitrogen and oxygen atoms in total. The summed E-state index contributed by atoms with van der Waals surface area (Å²) in [5.74, 6) is 0.0774. The van der Waals surface area contributed by atoms with Crippen LogP contribution in [0.25, 0.3) is 0 Å². The van der Waals surface area contributed by atoms with E-state index in [1.54, 1.807) is 11.2 Å². The Morgan fingerprint density at radius 1 is 1.27 bits per heavy atom. The predicted molar refractivity (Wildman–Crippen MR) is 100 cm³/mol. The molecule has 0 spiro atoms. The van der Waals surface area contributed by atoms with Crippen molar-refractivity contribution in [3.8, 4) is 0 Å². The standard InChI is InChI=1S/C19H19BrN4O2/c20-14-2-1-3-16(7-14)24-10-13(6-18(24)25)19(26)21-9-15-8-17(12-4-5-12)23-11-22-15/h1-3,7-8,11-13H,4-6,9-10H2,(H,21,26). The van der Waals surface area contributed by atoms with Crippen molar-refractivity contribution in [1.82, 2.24) is 15.3 Å². The fraction of sp³-hybridized carbons (Fsp3) is 0.368. The molecule has 0 radical (unpaired) electrons. The van der Waals surface area contributed by atoms with Gasteiger partial charge >= 0.3 is 0 Å². The van der Waals surface area contributed by atoms with Crippen LogP contribution in [-0.2, 0) is 16.1 Å². The molecular weight excluding hydrogens is 396 g/mol. The predicted octanol–water partition coefficient (Wildman–Crippen LogP) is 2.79. The molecule has 0 bridgehead atoms. The molecule has 1 N–H and O–H groups in total. The van der Waals surface area contributed by atoms with Crippen molar-refractivity contribution in [2.24, 2.45) is 5.92 Å². The molecule has 1 atom stereocenters. The van der Waals surface area contributed by atoms with E-state index in [4.69, 9.17) is 0 Å². The van der Waals surface area contributed by atoms with Crippen LogP contribution in [0.15, 0.2) is 41.1 Å². The minimum absolute atomic E-state index is 0.0266. The highest BCUT2D eigenvalue weighted by atomic mass is 79.9. The Labute approximate surface area is 160 Å². The molecule has 1 aromatic carbocycles. The van der Waals surface area contributed by atoms with E-state index < -0.39 is 0 Å². The summed E-state index contributed by atoms with van der Waals surface area (Å²) in [4.78, 5) is 35.0. The van der Waals surface area contributed by atoms with Gasteiger partial charge in [0.25, 0.3) is 0 Å². The van der Waals surface area contributed by atoms with Crippen LogP contribution in [0, 0.1) is 5.92 Å². The molecule has 2 aromatic rings. The monoisotopic (exact) mass is 414 g/mol. The van der Waals surface area contributed by atoms with Gasteiger partial charge in [-0.3, -0.25) is 9.59 Å². The van der Waals surface area contributed by atoms with E-state index >= 15 is 0 Å². The topological polar surface area (TPSA) is 75.2 Å². The second-order valence-corrected chi connectivity index (χ2v) is 7.73. The minimum Gasteiger partial charge on any atom is -0.350 e. The van der Waals surface area contributed by atoms with E-state index in [0.717, 1.165) is 21.5 Å². The largest absolute Gasteiger partial charge is 0.350 e. The van der Waals surface area contributed by atoms with Gasteiger partial charge in [0.15, 0.2) is 0 Å². The van der Waals surface area contributed by atoms with Gasteiger partial charge in [0.2, 0.25) is 11.8 Å². The first-order valence-electron chi connectivity index (χ1n) is 8.74. The van der Waals surface area contributed by atoms with Crippen LogP contribution in [0.4, 0.5) is 5.69 Å². The maximum Gasteiger partial charge on any atom is 0.227 e. The lowest BCUT2D eigenvalue weighted by atomic mass is 10.1. The SMILES string of the molecule is O=C(NCc1cc(C2CC2)ncn1)C1CC(=O)N(c2cccc(Br)c2)C1. The van der Waals surface area contributed by atoms with Crippen molar-refractivity contribution in [3.05, 3.63) is 52.5 Å². The van der Waals surface area contributed by atoms with Crippen LogP contribution in [-0.4, -0.2) is 28.3 Å². The van der Waals surface area contributed by atoms with Gasteiger partial charge in [0.05, 0.1) is 18.2 Å². The number of nitrogens with one attached hydrogen (secondary N) is 1.